The topological polar surface area (TPSA) is 90.9 Å². The second-order valence-corrected chi connectivity index (χ2v) is 5.59. The van der Waals surface area contributed by atoms with Crippen molar-refractivity contribution in [3.8, 4) is 11.4 Å². The largest absolute Gasteiger partial charge is 0.297 e. The van der Waals surface area contributed by atoms with Gasteiger partial charge in [-0.25, -0.2) is 17.9 Å². The molecule has 0 aliphatic rings. The Hall–Kier alpha value is -1.51. The number of sulfonamides is 1. The van der Waals surface area contributed by atoms with Gasteiger partial charge in [0.1, 0.15) is 5.82 Å². The average molecular weight is 305 g/mol. The number of primary sulfonamides is 1. The van der Waals surface area contributed by atoms with E-state index in [1.807, 2.05) is 0 Å². The number of hydrogen-bond acceptors (Lipinski definition) is 4. The summed E-state index contributed by atoms with van der Waals surface area (Å²) in [5, 5.41) is 11.9. The number of aromatic nitrogens is 3. The Morgan fingerprint density at radius 3 is 2.63 bits per heavy atom. The monoisotopic (exact) mass is 304 g/mol. The molecule has 1 aromatic heterocycles. The zero-order valence-corrected chi connectivity index (χ0v) is 11.4. The highest BCUT2D eigenvalue weighted by Crippen LogP contribution is 2.24. The fraction of sp³-hybridized carbons (Fsp3) is 0.200. The molecule has 0 aliphatic carbocycles. The Balaban J connectivity index is 2.63. The normalized spacial score (nSPS) is 11.8. The molecular formula is C10H10ClFN4O2S. The van der Waals surface area contributed by atoms with Crippen LogP contribution in [0.4, 0.5) is 4.39 Å². The number of nitrogens with two attached hydrogens (primary N) is 1. The zero-order valence-electron chi connectivity index (χ0n) is 9.84. The van der Waals surface area contributed by atoms with Crippen molar-refractivity contribution >= 4 is 21.6 Å². The summed E-state index contributed by atoms with van der Waals surface area (Å²) in [6, 6.07) is 3.95. The van der Waals surface area contributed by atoms with Gasteiger partial charge in [-0.1, -0.05) is 11.6 Å². The van der Waals surface area contributed by atoms with Crippen LogP contribution in [0.3, 0.4) is 0 Å². The van der Waals surface area contributed by atoms with Crippen LogP contribution >= 0.6 is 11.6 Å². The molecule has 0 unspecified atom stereocenters. The van der Waals surface area contributed by atoms with Gasteiger partial charge in [0.15, 0.2) is 5.82 Å². The molecular weight excluding hydrogens is 295 g/mol. The van der Waals surface area contributed by atoms with E-state index in [0.717, 1.165) is 0 Å². The third kappa shape index (κ3) is 2.60. The molecule has 6 nitrogen and oxygen atoms in total. The van der Waals surface area contributed by atoms with Crippen molar-refractivity contribution in [3.63, 3.8) is 0 Å². The first kappa shape index (κ1) is 13.9. The number of hydrogen-bond donors (Lipinski definition) is 1. The van der Waals surface area contributed by atoms with Gasteiger partial charge in [-0.3, -0.25) is 4.57 Å². The lowest BCUT2D eigenvalue weighted by Crippen LogP contribution is -2.18. The molecule has 0 aliphatic heterocycles. The maximum absolute atomic E-state index is 13.1. The van der Waals surface area contributed by atoms with Crippen LogP contribution < -0.4 is 5.14 Å². The summed E-state index contributed by atoms with van der Waals surface area (Å²) in [7, 11) is -3.97. The van der Waals surface area contributed by atoms with E-state index in [-0.39, 0.29) is 16.0 Å². The fourth-order valence-corrected chi connectivity index (χ4v) is 2.49. The van der Waals surface area contributed by atoms with E-state index in [9.17, 15) is 12.8 Å². The van der Waals surface area contributed by atoms with Crippen molar-refractivity contribution in [2.45, 2.75) is 18.6 Å². The van der Waals surface area contributed by atoms with E-state index in [1.54, 1.807) is 6.92 Å². The summed E-state index contributed by atoms with van der Waals surface area (Å²) in [6.45, 7) is 2.01. The average Bonchev–Trinajstić information content (AvgIpc) is 2.76. The van der Waals surface area contributed by atoms with E-state index in [4.69, 9.17) is 16.7 Å². The highest BCUT2D eigenvalue weighted by atomic mass is 35.5. The Morgan fingerprint density at radius 2 is 2.11 bits per heavy atom. The maximum atomic E-state index is 13.1. The van der Waals surface area contributed by atoms with Gasteiger partial charge in [0.2, 0.25) is 0 Å². The molecule has 2 rings (SSSR count). The fourth-order valence-electron chi connectivity index (χ4n) is 1.63. The number of benzene rings is 1. The number of nitrogens with zero attached hydrogens (tertiary/aromatic N) is 3. The van der Waals surface area contributed by atoms with Crippen LogP contribution in [0.2, 0.25) is 5.02 Å². The minimum absolute atomic E-state index is 0.0830. The molecule has 0 radical (unpaired) electrons. The molecule has 2 aromatic rings. The lowest BCUT2D eigenvalue weighted by Gasteiger charge is -2.06. The molecule has 1 aromatic carbocycles. The summed E-state index contributed by atoms with van der Waals surface area (Å²) >= 11 is 5.68. The molecule has 0 amide bonds. The van der Waals surface area contributed by atoms with Gasteiger partial charge in [0.05, 0.1) is 5.02 Å². The smallest absolute Gasteiger partial charge is 0.273 e. The quantitative estimate of drug-likeness (QED) is 0.928. The Labute approximate surface area is 114 Å². The summed E-state index contributed by atoms with van der Waals surface area (Å²) in [5.41, 5.74) is 0.454. The van der Waals surface area contributed by atoms with Crippen LogP contribution in [0.5, 0.6) is 0 Å². The molecule has 19 heavy (non-hydrogen) atoms. The van der Waals surface area contributed by atoms with Crippen LogP contribution in [0.25, 0.3) is 11.4 Å². The van der Waals surface area contributed by atoms with Crippen LogP contribution in [0.15, 0.2) is 23.4 Å². The van der Waals surface area contributed by atoms with E-state index in [1.165, 1.54) is 22.8 Å². The van der Waals surface area contributed by atoms with Crippen molar-refractivity contribution < 1.29 is 12.8 Å². The first-order valence-electron chi connectivity index (χ1n) is 5.26. The lowest BCUT2D eigenvalue weighted by molar-refractivity contribution is 0.570. The third-order valence-electron chi connectivity index (χ3n) is 2.47. The Bertz CT molecular complexity index is 729. The van der Waals surface area contributed by atoms with Crippen LogP contribution in [-0.2, 0) is 16.6 Å². The maximum Gasteiger partial charge on any atom is 0.273 e. The van der Waals surface area contributed by atoms with Crippen molar-refractivity contribution in [3.05, 3.63) is 29.0 Å². The van der Waals surface area contributed by atoms with E-state index >= 15 is 0 Å². The van der Waals surface area contributed by atoms with Gasteiger partial charge in [-0.05, 0) is 25.1 Å². The zero-order chi connectivity index (χ0) is 14.2. The Kier molecular flexibility index (Phi) is 3.57. The number of halogens is 2. The lowest BCUT2D eigenvalue weighted by atomic mass is 10.2. The first-order chi connectivity index (χ1) is 8.84. The first-order valence-corrected chi connectivity index (χ1v) is 7.18. The van der Waals surface area contributed by atoms with Gasteiger partial charge in [-0.15, -0.1) is 10.2 Å². The summed E-state index contributed by atoms with van der Waals surface area (Å²) in [4.78, 5) is 0. The SMILES string of the molecule is CCn1c(-c2ccc(F)c(Cl)c2)nnc1S(N)(=O)=O. The second-order valence-electron chi connectivity index (χ2n) is 3.72. The molecule has 1 heterocycles. The van der Waals surface area contributed by atoms with Crippen molar-refractivity contribution in [1.82, 2.24) is 14.8 Å². The predicted molar refractivity (Wildman–Crippen MR) is 67.5 cm³/mol. The van der Waals surface area contributed by atoms with E-state index < -0.39 is 15.8 Å². The molecule has 0 saturated carbocycles. The van der Waals surface area contributed by atoms with Gasteiger partial charge >= 0.3 is 0 Å². The van der Waals surface area contributed by atoms with Gasteiger partial charge in [-0.2, -0.15) is 0 Å². The summed E-state index contributed by atoms with van der Waals surface area (Å²) < 4.78 is 37.1. The summed E-state index contributed by atoms with van der Waals surface area (Å²) in [5.74, 6) is -0.312. The minimum Gasteiger partial charge on any atom is -0.297 e. The van der Waals surface area contributed by atoms with Crippen molar-refractivity contribution in [2.75, 3.05) is 0 Å². The van der Waals surface area contributed by atoms with E-state index in [0.29, 0.717) is 12.1 Å². The third-order valence-corrected chi connectivity index (χ3v) is 3.57. The predicted octanol–water partition coefficient (Wildman–Crippen LogP) is 1.40. The highest BCUT2D eigenvalue weighted by molar-refractivity contribution is 7.89. The molecule has 2 N–H and O–H groups in total. The number of rotatable bonds is 3. The van der Waals surface area contributed by atoms with E-state index in [2.05, 4.69) is 10.2 Å². The van der Waals surface area contributed by atoms with Gasteiger partial charge < -0.3 is 0 Å². The highest BCUT2D eigenvalue weighted by Gasteiger charge is 2.21. The molecule has 9 heteroatoms. The molecule has 0 spiro atoms. The second kappa shape index (κ2) is 4.87. The molecule has 0 atom stereocenters. The van der Waals surface area contributed by atoms with Crippen LogP contribution in [0.1, 0.15) is 6.92 Å². The minimum atomic E-state index is -3.97. The molecule has 102 valence electrons. The van der Waals surface area contributed by atoms with Crippen LogP contribution in [-0.4, -0.2) is 23.2 Å². The van der Waals surface area contributed by atoms with Gasteiger partial charge in [0.25, 0.3) is 15.2 Å². The van der Waals surface area contributed by atoms with Gasteiger partial charge in [0, 0.05) is 12.1 Å². The van der Waals surface area contributed by atoms with Crippen LogP contribution in [0, 0.1) is 5.82 Å². The molecule has 0 fully saturated rings. The summed E-state index contributed by atoms with van der Waals surface area (Å²) in [6.07, 6.45) is 0. The molecule has 0 saturated heterocycles. The Morgan fingerprint density at radius 1 is 1.42 bits per heavy atom. The van der Waals surface area contributed by atoms with Crippen molar-refractivity contribution in [1.29, 1.82) is 0 Å². The molecule has 0 bridgehead atoms. The van der Waals surface area contributed by atoms with Crippen molar-refractivity contribution in [2.24, 2.45) is 5.14 Å². The standard InChI is InChI=1S/C10H10ClFN4O2S/c1-2-16-9(14-15-10(16)19(13,17)18)6-3-4-8(12)7(11)5-6/h3-5H,2H2,1H3,(H2,13,17,18).